The number of carboxylic acids is 1. The molecule has 110 valence electrons. The predicted octanol–water partition coefficient (Wildman–Crippen LogP) is 0.980. The second kappa shape index (κ2) is 6.37. The second-order valence-corrected chi connectivity index (χ2v) is 7.55. The van der Waals surface area contributed by atoms with E-state index in [1.54, 1.807) is 12.1 Å². The van der Waals surface area contributed by atoms with Crippen molar-refractivity contribution in [1.82, 2.24) is 5.32 Å². The zero-order valence-corrected chi connectivity index (χ0v) is 12.0. The third-order valence-corrected chi connectivity index (χ3v) is 5.82. The average Bonchev–Trinajstić information content (AvgIpc) is 2.70. The minimum Gasteiger partial charge on any atom is -0.481 e. The highest BCUT2D eigenvalue weighted by Gasteiger charge is 2.30. The quantitative estimate of drug-likeness (QED) is 0.818. The first kappa shape index (κ1) is 15.0. The first-order valence-electron chi connectivity index (χ1n) is 6.69. The van der Waals surface area contributed by atoms with Gasteiger partial charge in [0.05, 0.1) is 17.4 Å². The van der Waals surface area contributed by atoms with Gasteiger partial charge in [-0.25, -0.2) is 8.42 Å². The van der Waals surface area contributed by atoms with Crippen LogP contribution in [0.1, 0.15) is 24.0 Å². The fraction of sp³-hybridized carbons (Fsp3) is 0.500. The summed E-state index contributed by atoms with van der Waals surface area (Å²) in [6, 6.07) is 7.32. The number of benzene rings is 1. The monoisotopic (exact) mass is 297 g/mol. The molecule has 1 aromatic carbocycles. The summed E-state index contributed by atoms with van der Waals surface area (Å²) in [5.41, 5.74) is 1.79. The first-order valence-corrected chi connectivity index (χ1v) is 8.41. The molecule has 1 saturated heterocycles. The molecule has 5 nitrogen and oxygen atoms in total. The molecule has 1 fully saturated rings. The molecule has 1 aliphatic heterocycles. The minimum absolute atomic E-state index is 0.0219. The van der Waals surface area contributed by atoms with E-state index in [-0.39, 0.29) is 11.7 Å². The summed E-state index contributed by atoms with van der Waals surface area (Å²) in [6.45, 7) is 1.08. The molecular weight excluding hydrogens is 278 g/mol. The third-order valence-electron chi connectivity index (χ3n) is 3.54. The normalized spacial score (nSPS) is 20.9. The lowest BCUT2D eigenvalue weighted by Crippen LogP contribution is -2.30. The smallest absolute Gasteiger partial charge is 0.307 e. The first-order chi connectivity index (χ1) is 9.47. The lowest BCUT2D eigenvalue weighted by Gasteiger charge is -2.11. The molecule has 0 aromatic heterocycles. The van der Waals surface area contributed by atoms with Gasteiger partial charge in [-0.05, 0) is 24.0 Å². The Hall–Kier alpha value is -1.40. The van der Waals surface area contributed by atoms with E-state index in [4.69, 9.17) is 5.11 Å². The van der Waals surface area contributed by atoms with Crippen LogP contribution in [-0.2, 0) is 27.6 Å². The van der Waals surface area contributed by atoms with E-state index in [2.05, 4.69) is 5.32 Å². The van der Waals surface area contributed by atoms with Gasteiger partial charge in [0.1, 0.15) is 0 Å². The van der Waals surface area contributed by atoms with Crippen LogP contribution >= 0.6 is 0 Å². The fourth-order valence-corrected chi connectivity index (χ4v) is 4.21. The van der Waals surface area contributed by atoms with Crippen molar-refractivity contribution < 1.29 is 18.3 Å². The zero-order chi connectivity index (χ0) is 14.6. The Morgan fingerprint density at radius 3 is 2.45 bits per heavy atom. The van der Waals surface area contributed by atoms with Crippen molar-refractivity contribution in [1.29, 1.82) is 0 Å². The maximum atomic E-state index is 11.7. The molecule has 2 rings (SSSR count). The van der Waals surface area contributed by atoms with Gasteiger partial charge in [0.15, 0.2) is 9.84 Å². The number of nitrogens with one attached hydrogen (secondary N) is 1. The van der Waals surface area contributed by atoms with Crippen LogP contribution in [0.4, 0.5) is 0 Å². The van der Waals surface area contributed by atoms with Crippen molar-refractivity contribution in [2.24, 2.45) is 0 Å². The van der Waals surface area contributed by atoms with Gasteiger partial charge < -0.3 is 10.4 Å². The number of rotatable bonds is 6. The molecule has 0 spiro atoms. The molecule has 1 heterocycles. The molecule has 0 amide bonds. The minimum atomic E-state index is -2.89. The molecule has 0 radical (unpaired) electrons. The van der Waals surface area contributed by atoms with E-state index in [0.29, 0.717) is 18.8 Å². The number of aliphatic carboxylic acids is 1. The van der Waals surface area contributed by atoms with E-state index < -0.39 is 15.8 Å². The van der Waals surface area contributed by atoms with Crippen LogP contribution in [0.3, 0.4) is 0 Å². The van der Waals surface area contributed by atoms with E-state index in [1.165, 1.54) is 0 Å². The van der Waals surface area contributed by atoms with E-state index in [1.807, 2.05) is 12.1 Å². The molecule has 0 bridgehead atoms. The van der Waals surface area contributed by atoms with E-state index in [9.17, 15) is 13.2 Å². The Labute approximate surface area is 118 Å². The van der Waals surface area contributed by atoms with Crippen LogP contribution in [0.5, 0.6) is 0 Å². The van der Waals surface area contributed by atoms with Crippen molar-refractivity contribution >= 4 is 15.8 Å². The van der Waals surface area contributed by atoms with Crippen LogP contribution < -0.4 is 5.32 Å². The summed E-state index contributed by atoms with van der Waals surface area (Å²) in [5.74, 6) is -0.536. The fourth-order valence-electron chi connectivity index (χ4n) is 2.41. The van der Waals surface area contributed by atoms with Gasteiger partial charge in [-0.2, -0.15) is 0 Å². The van der Waals surface area contributed by atoms with Crippen LogP contribution in [0.2, 0.25) is 0 Å². The summed E-state index contributed by atoms with van der Waals surface area (Å²) >= 11 is 0. The van der Waals surface area contributed by atoms with Gasteiger partial charge in [-0.15, -0.1) is 0 Å². The van der Waals surface area contributed by atoms with Gasteiger partial charge in [0.25, 0.3) is 0 Å². The number of hydrogen-bond donors (Lipinski definition) is 2. The highest BCUT2D eigenvalue weighted by molar-refractivity contribution is 7.92. The number of carbonyl (C=O) groups is 1. The van der Waals surface area contributed by atoms with Crippen LogP contribution in [0, 0.1) is 0 Å². The average molecular weight is 297 g/mol. The van der Waals surface area contributed by atoms with Gasteiger partial charge in [0, 0.05) is 13.1 Å². The third kappa shape index (κ3) is 4.05. The molecule has 6 heteroatoms. The largest absolute Gasteiger partial charge is 0.481 e. The molecule has 1 atom stereocenters. The van der Waals surface area contributed by atoms with Gasteiger partial charge in [0.2, 0.25) is 0 Å². The Morgan fingerprint density at radius 1 is 1.25 bits per heavy atom. The standard InChI is InChI=1S/C14H19NO4S/c16-14(17)8-11-3-5-12(6-4-11)9-15-10-13-2-1-7-20(13,18)19/h3-6,13,15H,1-2,7-10H2,(H,16,17). The SMILES string of the molecule is O=C(O)Cc1ccc(CNCC2CCCS2(=O)=O)cc1. The molecular formula is C14H19NO4S. The number of sulfone groups is 1. The second-order valence-electron chi connectivity index (χ2n) is 5.15. The number of carboxylic acid groups (broad SMARTS) is 1. The Morgan fingerprint density at radius 2 is 1.90 bits per heavy atom. The Balaban J connectivity index is 1.81. The topological polar surface area (TPSA) is 83.5 Å². The zero-order valence-electron chi connectivity index (χ0n) is 11.2. The lowest BCUT2D eigenvalue weighted by atomic mass is 10.1. The maximum absolute atomic E-state index is 11.7. The Kier molecular flexibility index (Phi) is 4.77. The highest BCUT2D eigenvalue weighted by Crippen LogP contribution is 2.19. The van der Waals surface area contributed by atoms with Crippen molar-refractivity contribution in [3.8, 4) is 0 Å². The summed E-state index contributed by atoms with van der Waals surface area (Å²) < 4.78 is 23.3. The summed E-state index contributed by atoms with van der Waals surface area (Å²) in [4.78, 5) is 10.6. The van der Waals surface area contributed by atoms with E-state index in [0.717, 1.165) is 24.0 Å². The van der Waals surface area contributed by atoms with Crippen molar-refractivity contribution in [3.05, 3.63) is 35.4 Å². The van der Waals surface area contributed by atoms with Gasteiger partial charge >= 0.3 is 5.97 Å². The molecule has 2 N–H and O–H groups in total. The molecule has 20 heavy (non-hydrogen) atoms. The lowest BCUT2D eigenvalue weighted by molar-refractivity contribution is -0.136. The van der Waals surface area contributed by atoms with Gasteiger partial charge in [-0.3, -0.25) is 4.79 Å². The Bertz CT molecular complexity index is 565. The molecule has 1 unspecified atom stereocenters. The van der Waals surface area contributed by atoms with E-state index >= 15 is 0 Å². The van der Waals surface area contributed by atoms with Crippen LogP contribution in [-0.4, -0.2) is 37.0 Å². The molecule has 0 saturated carbocycles. The predicted molar refractivity (Wildman–Crippen MR) is 76.3 cm³/mol. The summed E-state index contributed by atoms with van der Waals surface area (Å²) in [7, 11) is -2.89. The summed E-state index contributed by atoms with van der Waals surface area (Å²) in [5, 5.41) is 11.6. The molecule has 1 aliphatic rings. The van der Waals surface area contributed by atoms with Crippen molar-refractivity contribution in [2.75, 3.05) is 12.3 Å². The van der Waals surface area contributed by atoms with Crippen LogP contribution in [0.15, 0.2) is 24.3 Å². The maximum Gasteiger partial charge on any atom is 0.307 e. The summed E-state index contributed by atoms with van der Waals surface area (Å²) in [6.07, 6.45) is 1.53. The number of hydrogen-bond acceptors (Lipinski definition) is 4. The molecule has 1 aromatic rings. The van der Waals surface area contributed by atoms with Crippen LogP contribution in [0.25, 0.3) is 0 Å². The van der Waals surface area contributed by atoms with Crippen molar-refractivity contribution in [3.63, 3.8) is 0 Å². The van der Waals surface area contributed by atoms with Gasteiger partial charge in [-0.1, -0.05) is 24.3 Å². The highest BCUT2D eigenvalue weighted by atomic mass is 32.2. The molecule has 0 aliphatic carbocycles. The van der Waals surface area contributed by atoms with Crippen molar-refractivity contribution in [2.45, 2.75) is 31.1 Å².